The number of hydrogen-bond acceptors (Lipinski definition) is 9. The van der Waals surface area contributed by atoms with Crippen molar-refractivity contribution >= 4 is 18.0 Å². The predicted molar refractivity (Wildman–Crippen MR) is 115 cm³/mol. The van der Waals surface area contributed by atoms with Gasteiger partial charge in [-0.2, -0.15) is 0 Å². The maximum absolute atomic E-state index is 12.0. The molecule has 0 radical (unpaired) electrons. The number of nitrogens with zero attached hydrogens (tertiary/aromatic N) is 1. The van der Waals surface area contributed by atoms with E-state index in [9.17, 15) is 24.5 Å². The van der Waals surface area contributed by atoms with E-state index in [-0.39, 0.29) is 32.2 Å². The van der Waals surface area contributed by atoms with Crippen molar-refractivity contribution < 1.29 is 38.5 Å². The van der Waals surface area contributed by atoms with Gasteiger partial charge < -0.3 is 24.4 Å². The van der Waals surface area contributed by atoms with Crippen molar-refractivity contribution in [3.8, 4) is 0 Å². The van der Waals surface area contributed by atoms with Crippen LogP contribution in [-0.4, -0.2) is 54.6 Å². The minimum Gasteiger partial charge on any atom is -0.463 e. The van der Waals surface area contributed by atoms with Crippen molar-refractivity contribution in [2.24, 2.45) is 0 Å². The van der Waals surface area contributed by atoms with Gasteiger partial charge in [-0.3, -0.25) is 9.59 Å². The molecule has 11 nitrogen and oxygen atoms in total. The van der Waals surface area contributed by atoms with E-state index in [1.165, 1.54) is 0 Å². The van der Waals surface area contributed by atoms with E-state index in [0.29, 0.717) is 25.7 Å². The summed E-state index contributed by atoms with van der Waals surface area (Å²) < 4.78 is 15.6. The fourth-order valence-electron chi connectivity index (χ4n) is 2.52. The average molecular weight is 463 g/mol. The molecule has 32 heavy (non-hydrogen) atoms. The minimum absolute atomic E-state index is 0.0201. The van der Waals surface area contributed by atoms with E-state index in [1.54, 1.807) is 20.8 Å². The highest BCUT2D eigenvalue weighted by atomic mass is 16.9. The standard InChI is InChI=1S/C21H38N2O9/c1-5-6-7-9-12-18(24)29-15-17(22-20(26)32-21(2,3)4)16-30-19(25)13-10-8-11-14-31-23(27)28/h17H,5-16H2,1-4H3,(H,22,26). The highest BCUT2D eigenvalue weighted by Gasteiger charge is 2.22. The van der Waals surface area contributed by atoms with E-state index in [2.05, 4.69) is 17.1 Å². The van der Waals surface area contributed by atoms with E-state index >= 15 is 0 Å². The average Bonchev–Trinajstić information content (AvgIpc) is 2.68. The van der Waals surface area contributed by atoms with E-state index in [0.717, 1.165) is 25.7 Å². The Bertz CT molecular complexity index is 576. The van der Waals surface area contributed by atoms with Gasteiger partial charge in [0.15, 0.2) is 0 Å². The van der Waals surface area contributed by atoms with Crippen LogP contribution in [0, 0.1) is 10.1 Å². The van der Waals surface area contributed by atoms with Crippen molar-refractivity contribution in [2.45, 2.75) is 97.1 Å². The molecule has 0 heterocycles. The Hall–Kier alpha value is -2.59. The Morgan fingerprint density at radius 2 is 1.44 bits per heavy atom. The molecule has 0 aromatic carbocycles. The van der Waals surface area contributed by atoms with Crippen molar-refractivity contribution in [3.63, 3.8) is 0 Å². The Kier molecular flexibility index (Phi) is 15.6. The molecular formula is C21H38N2O9. The summed E-state index contributed by atoms with van der Waals surface area (Å²) in [6, 6.07) is -0.748. The summed E-state index contributed by atoms with van der Waals surface area (Å²) >= 11 is 0. The SMILES string of the molecule is CCCCCCC(=O)OCC(COC(=O)CCCCCO[N+](=O)[O-])NC(=O)OC(C)(C)C. The third-order valence-electron chi connectivity index (χ3n) is 4.07. The Morgan fingerprint density at radius 3 is 1.91 bits per heavy atom. The van der Waals surface area contributed by atoms with Gasteiger partial charge >= 0.3 is 18.0 Å². The van der Waals surface area contributed by atoms with Gasteiger partial charge in [0.1, 0.15) is 24.9 Å². The molecule has 1 N–H and O–H groups in total. The molecule has 1 unspecified atom stereocenters. The Labute approximate surface area is 189 Å². The van der Waals surface area contributed by atoms with Crippen LogP contribution in [-0.2, 0) is 28.6 Å². The van der Waals surface area contributed by atoms with E-state index in [1.807, 2.05) is 0 Å². The van der Waals surface area contributed by atoms with Gasteiger partial charge in [0, 0.05) is 12.8 Å². The summed E-state index contributed by atoms with van der Waals surface area (Å²) in [5.74, 6) is -0.859. The molecule has 0 spiro atoms. The minimum atomic E-state index is -0.857. The molecule has 0 saturated carbocycles. The normalized spacial score (nSPS) is 11.9. The van der Waals surface area contributed by atoms with Gasteiger partial charge in [-0.1, -0.05) is 32.6 Å². The summed E-state index contributed by atoms with van der Waals surface area (Å²) in [5, 5.41) is 11.8. The molecular weight excluding hydrogens is 424 g/mol. The van der Waals surface area contributed by atoms with Gasteiger partial charge in [0.25, 0.3) is 5.09 Å². The molecule has 0 bridgehead atoms. The lowest BCUT2D eigenvalue weighted by Gasteiger charge is -2.23. The van der Waals surface area contributed by atoms with Gasteiger partial charge in [-0.25, -0.2) is 4.79 Å². The third kappa shape index (κ3) is 19.4. The van der Waals surface area contributed by atoms with Crippen molar-refractivity contribution in [1.82, 2.24) is 5.32 Å². The second-order valence-corrected chi connectivity index (χ2v) is 8.39. The molecule has 0 aromatic rings. The Morgan fingerprint density at radius 1 is 0.906 bits per heavy atom. The third-order valence-corrected chi connectivity index (χ3v) is 4.07. The number of hydrogen-bond donors (Lipinski definition) is 1. The first-order chi connectivity index (χ1) is 15.0. The summed E-state index contributed by atoms with van der Waals surface area (Å²) in [6.45, 7) is 6.89. The van der Waals surface area contributed by atoms with Crippen molar-refractivity contribution in [1.29, 1.82) is 0 Å². The second-order valence-electron chi connectivity index (χ2n) is 8.39. The Balaban J connectivity index is 4.41. The molecule has 0 fully saturated rings. The zero-order valence-electron chi connectivity index (χ0n) is 19.7. The summed E-state index contributed by atoms with van der Waals surface area (Å²) in [4.78, 5) is 50.1. The fourth-order valence-corrected chi connectivity index (χ4v) is 2.52. The number of carbonyl (C=O) groups excluding carboxylic acids is 3. The number of alkyl carbamates (subject to hydrolysis) is 1. The first kappa shape index (κ1) is 29.4. The molecule has 186 valence electrons. The zero-order valence-corrected chi connectivity index (χ0v) is 19.7. The summed E-state index contributed by atoms with van der Waals surface area (Å²) in [5.41, 5.74) is -0.708. The molecule has 0 rings (SSSR count). The molecule has 0 saturated heterocycles. The first-order valence-electron chi connectivity index (χ1n) is 11.1. The summed E-state index contributed by atoms with van der Waals surface area (Å²) in [6.07, 6.45) is 5.00. The fraction of sp³-hybridized carbons (Fsp3) is 0.857. The molecule has 0 aliphatic heterocycles. The van der Waals surface area contributed by atoms with Crippen LogP contribution in [0.2, 0.25) is 0 Å². The molecule has 11 heteroatoms. The first-order valence-corrected chi connectivity index (χ1v) is 11.1. The van der Waals surface area contributed by atoms with E-state index < -0.39 is 28.8 Å². The lowest BCUT2D eigenvalue weighted by atomic mass is 10.1. The number of ether oxygens (including phenoxy) is 3. The number of esters is 2. The second kappa shape index (κ2) is 17.0. The number of amides is 1. The topological polar surface area (TPSA) is 143 Å². The van der Waals surface area contributed by atoms with Crippen LogP contribution >= 0.6 is 0 Å². The predicted octanol–water partition coefficient (Wildman–Crippen LogP) is 3.71. The number of carbonyl (C=O) groups is 3. The maximum Gasteiger partial charge on any atom is 0.408 e. The van der Waals surface area contributed by atoms with Crippen LogP contribution in [0.25, 0.3) is 0 Å². The molecule has 0 aliphatic rings. The van der Waals surface area contributed by atoms with Crippen LogP contribution in [0.15, 0.2) is 0 Å². The highest BCUT2D eigenvalue weighted by molar-refractivity contribution is 5.71. The van der Waals surface area contributed by atoms with Gasteiger partial charge in [-0.15, -0.1) is 10.1 Å². The number of rotatable bonds is 17. The number of unbranched alkanes of at least 4 members (excludes halogenated alkanes) is 5. The monoisotopic (exact) mass is 462 g/mol. The smallest absolute Gasteiger partial charge is 0.408 e. The highest BCUT2D eigenvalue weighted by Crippen LogP contribution is 2.08. The van der Waals surface area contributed by atoms with Crippen molar-refractivity contribution in [2.75, 3.05) is 19.8 Å². The van der Waals surface area contributed by atoms with Crippen LogP contribution in [0.3, 0.4) is 0 Å². The van der Waals surface area contributed by atoms with E-state index in [4.69, 9.17) is 14.2 Å². The molecule has 0 aliphatic carbocycles. The molecule has 1 amide bonds. The summed E-state index contributed by atoms with van der Waals surface area (Å²) in [7, 11) is 0. The zero-order chi connectivity index (χ0) is 24.4. The van der Waals surface area contributed by atoms with Crippen LogP contribution in [0.5, 0.6) is 0 Å². The lowest BCUT2D eigenvalue weighted by molar-refractivity contribution is -0.757. The maximum atomic E-state index is 12.0. The quantitative estimate of drug-likeness (QED) is 0.112. The lowest BCUT2D eigenvalue weighted by Crippen LogP contribution is -2.44. The van der Waals surface area contributed by atoms with Crippen molar-refractivity contribution in [3.05, 3.63) is 10.1 Å². The largest absolute Gasteiger partial charge is 0.463 e. The molecule has 0 aromatic heterocycles. The molecule has 1 atom stereocenters. The van der Waals surface area contributed by atoms with Crippen LogP contribution < -0.4 is 5.32 Å². The van der Waals surface area contributed by atoms with Crippen LogP contribution in [0.1, 0.15) is 85.5 Å². The number of nitrogens with one attached hydrogen (secondary N) is 1. The van der Waals surface area contributed by atoms with Gasteiger partial charge in [0.05, 0.1) is 6.61 Å². The van der Waals surface area contributed by atoms with Gasteiger partial charge in [0.2, 0.25) is 0 Å². The van der Waals surface area contributed by atoms with Crippen LogP contribution in [0.4, 0.5) is 4.79 Å². The van der Waals surface area contributed by atoms with Gasteiger partial charge in [-0.05, 0) is 40.0 Å².